The molecule has 1 aromatic carbocycles. The summed E-state index contributed by atoms with van der Waals surface area (Å²) in [7, 11) is -2.92. The van der Waals surface area contributed by atoms with Crippen LogP contribution >= 0.6 is 15.9 Å². The maximum atomic E-state index is 13.2. The van der Waals surface area contributed by atoms with Crippen molar-refractivity contribution in [2.45, 2.75) is 17.9 Å². The third-order valence-electron chi connectivity index (χ3n) is 2.23. The Morgan fingerprint density at radius 3 is 2.63 bits per heavy atom. The van der Waals surface area contributed by atoms with E-state index in [0.29, 0.717) is 0 Å². The number of halogens is 2. The van der Waals surface area contributed by atoms with Crippen LogP contribution < -0.4 is 10.5 Å². The summed E-state index contributed by atoms with van der Waals surface area (Å²) in [5, 5.41) is 0. The number of rotatable bonds is 4. The number of hydrogen-bond acceptors (Lipinski definition) is 5. The van der Waals surface area contributed by atoms with E-state index in [1.165, 1.54) is 6.92 Å². The molecule has 0 aromatic heterocycles. The summed E-state index contributed by atoms with van der Waals surface area (Å²) in [5.74, 6) is -1.43. The number of carbonyl (C=O) groups excluding carboxylic acids is 1. The third kappa shape index (κ3) is 3.64. The molecule has 6 nitrogen and oxygen atoms in total. The molecule has 0 aliphatic carbocycles. The Kier molecular flexibility index (Phi) is 4.88. The third-order valence-corrected chi connectivity index (χ3v) is 4.43. The van der Waals surface area contributed by atoms with Crippen LogP contribution in [0.15, 0.2) is 21.5 Å². The van der Waals surface area contributed by atoms with Crippen LogP contribution in [0.1, 0.15) is 6.92 Å². The highest BCUT2D eigenvalue weighted by Gasteiger charge is 2.25. The van der Waals surface area contributed by atoms with Crippen molar-refractivity contribution in [1.82, 2.24) is 4.72 Å². The molecule has 0 amide bonds. The quantitative estimate of drug-likeness (QED) is 0.621. The van der Waals surface area contributed by atoms with Gasteiger partial charge in [-0.15, -0.1) is 0 Å². The van der Waals surface area contributed by atoms with Gasteiger partial charge in [-0.25, -0.2) is 12.8 Å². The topological polar surface area (TPSA) is 98.5 Å². The average molecular weight is 355 g/mol. The predicted octanol–water partition coefficient (Wildman–Crippen LogP) is 1.01. The first kappa shape index (κ1) is 15.9. The Balaban J connectivity index is 3.14. The van der Waals surface area contributed by atoms with Gasteiger partial charge in [-0.3, -0.25) is 4.79 Å². The van der Waals surface area contributed by atoms with Crippen LogP contribution in [0.2, 0.25) is 0 Å². The lowest BCUT2D eigenvalue weighted by Crippen LogP contribution is -2.39. The number of methoxy groups -OCH3 is 1. The molecule has 3 N–H and O–H groups in total. The van der Waals surface area contributed by atoms with Crippen LogP contribution in [-0.4, -0.2) is 27.5 Å². The van der Waals surface area contributed by atoms with Gasteiger partial charge < -0.3 is 10.5 Å². The van der Waals surface area contributed by atoms with E-state index in [1.807, 2.05) is 0 Å². The second-order valence-corrected chi connectivity index (χ2v) is 6.21. The fraction of sp³-hybridized carbons (Fsp3) is 0.300. The predicted molar refractivity (Wildman–Crippen MR) is 70.3 cm³/mol. The first-order valence-corrected chi connectivity index (χ1v) is 7.31. The molecule has 1 unspecified atom stereocenters. The lowest BCUT2D eigenvalue weighted by atomic mass is 10.3. The zero-order chi connectivity index (χ0) is 14.8. The van der Waals surface area contributed by atoms with E-state index in [2.05, 4.69) is 25.4 Å². The Morgan fingerprint density at radius 2 is 2.11 bits per heavy atom. The maximum absolute atomic E-state index is 13.2. The number of nitrogens with two attached hydrogens (primary N) is 1. The van der Waals surface area contributed by atoms with Gasteiger partial charge in [-0.05, 0) is 35.0 Å². The lowest BCUT2D eigenvalue weighted by molar-refractivity contribution is -0.142. The minimum absolute atomic E-state index is 0.0483. The molecule has 0 radical (unpaired) electrons. The fourth-order valence-corrected chi connectivity index (χ4v) is 3.12. The Labute approximate surface area is 118 Å². The molecule has 1 aromatic rings. The van der Waals surface area contributed by atoms with Gasteiger partial charge >= 0.3 is 5.97 Å². The second-order valence-electron chi connectivity index (χ2n) is 3.67. The summed E-state index contributed by atoms with van der Waals surface area (Å²) >= 11 is 2.87. The van der Waals surface area contributed by atoms with Gasteiger partial charge in [0.05, 0.1) is 17.3 Å². The highest BCUT2D eigenvalue weighted by molar-refractivity contribution is 9.10. The van der Waals surface area contributed by atoms with E-state index < -0.39 is 27.9 Å². The van der Waals surface area contributed by atoms with Crippen molar-refractivity contribution in [1.29, 1.82) is 0 Å². The number of nitrogens with one attached hydrogen (secondary N) is 1. The van der Waals surface area contributed by atoms with Gasteiger partial charge in [-0.1, -0.05) is 0 Å². The van der Waals surface area contributed by atoms with E-state index in [0.717, 1.165) is 19.2 Å². The first-order valence-electron chi connectivity index (χ1n) is 5.03. The number of carbonyl (C=O) groups is 1. The van der Waals surface area contributed by atoms with E-state index >= 15 is 0 Å². The average Bonchev–Trinajstić information content (AvgIpc) is 2.31. The van der Waals surface area contributed by atoms with Crippen molar-refractivity contribution in [3.05, 3.63) is 22.4 Å². The van der Waals surface area contributed by atoms with Crippen molar-refractivity contribution < 1.29 is 22.3 Å². The Morgan fingerprint density at radius 1 is 1.53 bits per heavy atom. The zero-order valence-electron chi connectivity index (χ0n) is 10.1. The minimum atomic E-state index is -4.06. The molecule has 1 atom stereocenters. The normalized spacial score (nSPS) is 13.1. The Bertz CT molecular complexity index is 606. The highest BCUT2D eigenvalue weighted by Crippen LogP contribution is 2.26. The highest BCUT2D eigenvalue weighted by atomic mass is 79.9. The SMILES string of the molecule is COC(=O)C(C)NS(=O)(=O)c1cc(Br)c(F)cc1N. The molecular weight excluding hydrogens is 343 g/mol. The first-order chi connectivity index (χ1) is 8.69. The van der Waals surface area contributed by atoms with Gasteiger partial charge in [-0.2, -0.15) is 4.72 Å². The molecule has 0 spiro atoms. The lowest BCUT2D eigenvalue weighted by Gasteiger charge is -2.13. The molecule has 0 saturated heterocycles. The van der Waals surface area contributed by atoms with Crippen molar-refractivity contribution in [2.75, 3.05) is 12.8 Å². The zero-order valence-corrected chi connectivity index (χ0v) is 12.5. The Hall–Kier alpha value is -1.19. The second kappa shape index (κ2) is 5.85. The fourth-order valence-electron chi connectivity index (χ4n) is 1.30. The number of nitrogen functional groups attached to an aromatic ring is 1. The summed E-state index contributed by atoms with van der Waals surface area (Å²) in [6.07, 6.45) is 0. The number of hydrogen-bond donors (Lipinski definition) is 2. The molecule has 0 heterocycles. The molecular formula is C10H12BrFN2O4S. The number of sulfonamides is 1. The van der Waals surface area contributed by atoms with Crippen LogP contribution in [0.4, 0.5) is 10.1 Å². The molecule has 9 heteroatoms. The van der Waals surface area contributed by atoms with Crippen molar-refractivity contribution in [3.63, 3.8) is 0 Å². The van der Waals surface area contributed by atoms with Gasteiger partial charge in [0.2, 0.25) is 10.0 Å². The number of benzene rings is 1. The standard InChI is InChI=1S/C10H12BrFN2O4S/c1-5(10(15)18-2)14-19(16,17)9-3-6(11)7(12)4-8(9)13/h3-5,14H,13H2,1-2H3. The number of ether oxygens (including phenoxy) is 1. The van der Waals surface area contributed by atoms with Crippen LogP contribution in [0.5, 0.6) is 0 Å². The van der Waals surface area contributed by atoms with Crippen molar-refractivity contribution in [3.8, 4) is 0 Å². The van der Waals surface area contributed by atoms with Gasteiger partial charge in [0.1, 0.15) is 16.8 Å². The van der Waals surface area contributed by atoms with Crippen LogP contribution in [0.3, 0.4) is 0 Å². The van der Waals surface area contributed by atoms with Crippen LogP contribution in [0, 0.1) is 5.82 Å². The molecule has 0 bridgehead atoms. The van der Waals surface area contributed by atoms with E-state index in [4.69, 9.17) is 5.73 Å². The van der Waals surface area contributed by atoms with Gasteiger partial charge in [0, 0.05) is 0 Å². The molecule has 0 saturated carbocycles. The molecule has 19 heavy (non-hydrogen) atoms. The smallest absolute Gasteiger partial charge is 0.323 e. The van der Waals surface area contributed by atoms with E-state index in [1.54, 1.807) is 0 Å². The minimum Gasteiger partial charge on any atom is -0.468 e. The number of anilines is 1. The van der Waals surface area contributed by atoms with Gasteiger partial charge in [0.15, 0.2) is 0 Å². The summed E-state index contributed by atoms with van der Waals surface area (Å²) < 4.78 is 43.6. The van der Waals surface area contributed by atoms with Gasteiger partial charge in [0.25, 0.3) is 0 Å². The summed E-state index contributed by atoms with van der Waals surface area (Å²) in [4.78, 5) is 10.9. The van der Waals surface area contributed by atoms with Crippen LogP contribution in [-0.2, 0) is 19.6 Å². The van der Waals surface area contributed by atoms with Crippen molar-refractivity contribution in [2.24, 2.45) is 0 Å². The molecule has 0 aliphatic heterocycles. The monoisotopic (exact) mass is 354 g/mol. The number of esters is 1. The van der Waals surface area contributed by atoms with E-state index in [-0.39, 0.29) is 15.1 Å². The van der Waals surface area contributed by atoms with Crippen LogP contribution in [0.25, 0.3) is 0 Å². The maximum Gasteiger partial charge on any atom is 0.323 e. The molecule has 1 rings (SSSR count). The summed E-state index contributed by atoms with van der Waals surface area (Å²) in [6.45, 7) is 1.32. The van der Waals surface area contributed by atoms with Crippen molar-refractivity contribution >= 4 is 37.6 Å². The summed E-state index contributed by atoms with van der Waals surface area (Å²) in [6, 6.07) is 0.816. The van der Waals surface area contributed by atoms with E-state index in [9.17, 15) is 17.6 Å². The largest absolute Gasteiger partial charge is 0.468 e. The molecule has 0 aliphatic rings. The molecule has 0 fully saturated rings. The summed E-state index contributed by atoms with van der Waals surface area (Å²) in [5.41, 5.74) is 5.21. The molecule has 106 valence electrons.